The van der Waals surface area contributed by atoms with Crippen molar-refractivity contribution >= 4 is 11.7 Å². The van der Waals surface area contributed by atoms with E-state index in [1.54, 1.807) is 26.2 Å². The molecule has 0 atom stereocenters. The minimum Gasteiger partial charge on any atom is -0.359 e. The first kappa shape index (κ1) is 16.6. The summed E-state index contributed by atoms with van der Waals surface area (Å²) < 4.78 is 5.40. The highest BCUT2D eigenvalue weighted by molar-refractivity contribution is 5.91. The summed E-state index contributed by atoms with van der Waals surface area (Å²) in [6.07, 6.45) is 0. The number of hydrogen-bond donors (Lipinski definition) is 0. The van der Waals surface area contributed by atoms with E-state index < -0.39 is 0 Å². The van der Waals surface area contributed by atoms with Gasteiger partial charge in [-0.05, 0) is 12.1 Å². The van der Waals surface area contributed by atoms with Crippen LogP contribution >= 0.6 is 0 Å². The molecule has 0 fully saturated rings. The monoisotopic (exact) mass is 337 g/mol. The van der Waals surface area contributed by atoms with Crippen LogP contribution in [0.25, 0.3) is 11.3 Å². The molecule has 0 N–H and O–H groups in total. The van der Waals surface area contributed by atoms with Crippen molar-refractivity contribution in [3.8, 4) is 11.3 Å². The van der Waals surface area contributed by atoms with E-state index >= 15 is 0 Å². The number of carbonyl (C=O) groups is 1. The van der Waals surface area contributed by atoms with E-state index in [0.29, 0.717) is 18.1 Å². The van der Waals surface area contributed by atoms with Crippen molar-refractivity contribution in [2.75, 3.05) is 26.0 Å². The van der Waals surface area contributed by atoms with Gasteiger partial charge < -0.3 is 14.3 Å². The molecule has 0 bridgehead atoms. The molecule has 1 aromatic carbocycles. The van der Waals surface area contributed by atoms with E-state index in [1.807, 2.05) is 48.3 Å². The summed E-state index contributed by atoms with van der Waals surface area (Å²) in [5.74, 6) is 1.19. The maximum atomic E-state index is 11.8. The first-order chi connectivity index (χ1) is 12.0. The first-order valence-electron chi connectivity index (χ1n) is 7.82. The molecule has 0 aliphatic carbocycles. The number of hydrogen-bond acceptors (Lipinski definition) is 6. The molecule has 0 saturated carbocycles. The molecule has 0 spiro atoms. The van der Waals surface area contributed by atoms with Crippen LogP contribution < -0.4 is 4.90 Å². The highest BCUT2D eigenvalue weighted by Crippen LogP contribution is 2.20. The Kier molecular flexibility index (Phi) is 4.74. The van der Waals surface area contributed by atoms with Gasteiger partial charge in [0.25, 0.3) is 5.91 Å². The molecule has 1 amide bonds. The molecule has 128 valence electrons. The first-order valence-corrected chi connectivity index (χ1v) is 7.82. The molecular weight excluding hydrogens is 318 g/mol. The van der Waals surface area contributed by atoms with Crippen LogP contribution in [0.4, 0.5) is 5.82 Å². The molecule has 7 nitrogen and oxygen atoms in total. The standard InChI is InChI=1S/C18H19N5O2/c1-22(2)18(24)15-9-10-17(20-19-15)23(3)12-14-11-16(21-25-14)13-7-5-4-6-8-13/h4-11H,12H2,1-3H3. The zero-order valence-electron chi connectivity index (χ0n) is 14.4. The van der Waals surface area contributed by atoms with Gasteiger partial charge in [-0.15, -0.1) is 10.2 Å². The molecule has 0 aliphatic heterocycles. The van der Waals surface area contributed by atoms with Crippen molar-refractivity contribution in [3.05, 3.63) is 60.0 Å². The van der Waals surface area contributed by atoms with Gasteiger partial charge >= 0.3 is 0 Å². The second-order valence-electron chi connectivity index (χ2n) is 5.88. The third-order valence-electron chi connectivity index (χ3n) is 3.69. The largest absolute Gasteiger partial charge is 0.359 e. The predicted molar refractivity (Wildman–Crippen MR) is 94.1 cm³/mol. The summed E-state index contributed by atoms with van der Waals surface area (Å²) in [6.45, 7) is 0.496. The Bertz CT molecular complexity index is 843. The zero-order valence-corrected chi connectivity index (χ0v) is 14.4. The Morgan fingerprint density at radius 3 is 2.44 bits per heavy atom. The van der Waals surface area contributed by atoms with E-state index in [-0.39, 0.29) is 5.91 Å². The molecule has 2 heterocycles. The molecule has 7 heteroatoms. The van der Waals surface area contributed by atoms with E-state index in [9.17, 15) is 4.79 Å². The van der Waals surface area contributed by atoms with Crippen molar-refractivity contribution in [1.29, 1.82) is 0 Å². The topological polar surface area (TPSA) is 75.4 Å². The summed E-state index contributed by atoms with van der Waals surface area (Å²) in [5, 5.41) is 12.2. The van der Waals surface area contributed by atoms with Gasteiger partial charge in [0, 0.05) is 32.8 Å². The van der Waals surface area contributed by atoms with Gasteiger partial charge in [0.1, 0.15) is 5.69 Å². The Hall–Kier alpha value is -3.22. The van der Waals surface area contributed by atoms with Gasteiger partial charge in [0.05, 0.1) is 6.54 Å². The van der Waals surface area contributed by atoms with Crippen molar-refractivity contribution in [3.63, 3.8) is 0 Å². The van der Waals surface area contributed by atoms with E-state index in [2.05, 4.69) is 15.4 Å². The quantitative estimate of drug-likeness (QED) is 0.712. The van der Waals surface area contributed by atoms with Crippen LogP contribution in [0.5, 0.6) is 0 Å². The van der Waals surface area contributed by atoms with Crippen LogP contribution in [0, 0.1) is 0 Å². The number of carbonyl (C=O) groups excluding carboxylic acids is 1. The van der Waals surface area contributed by atoms with Crippen LogP contribution in [0.1, 0.15) is 16.2 Å². The van der Waals surface area contributed by atoms with E-state index in [0.717, 1.165) is 17.0 Å². The SMILES string of the molecule is CN(C)C(=O)c1ccc(N(C)Cc2cc(-c3ccccc3)no2)nn1. The molecule has 0 unspecified atom stereocenters. The summed E-state index contributed by atoms with van der Waals surface area (Å²) in [6, 6.07) is 15.2. The molecule has 2 aromatic heterocycles. The normalized spacial score (nSPS) is 10.5. The third-order valence-corrected chi connectivity index (χ3v) is 3.69. The summed E-state index contributed by atoms with van der Waals surface area (Å²) in [7, 11) is 5.23. The molecule has 0 aliphatic rings. The average molecular weight is 337 g/mol. The van der Waals surface area contributed by atoms with E-state index in [1.165, 1.54) is 4.90 Å². The van der Waals surface area contributed by atoms with Crippen LogP contribution in [0.15, 0.2) is 53.1 Å². The fraction of sp³-hybridized carbons (Fsp3) is 0.222. The van der Waals surface area contributed by atoms with Gasteiger partial charge in [-0.25, -0.2) is 0 Å². The zero-order chi connectivity index (χ0) is 17.8. The minimum absolute atomic E-state index is 0.176. The molecular formula is C18H19N5O2. The van der Waals surface area contributed by atoms with Crippen LogP contribution in [0.3, 0.4) is 0 Å². The maximum absolute atomic E-state index is 11.8. The molecule has 0 radical (unpaired) electrons. The second-order valence-corrected chi connectivity index (χ2v) is 5.88. The smallest absolute Gasteiger partial charge is 0.273 e. The Balaban J connectivity index is 1.69. The fourth-order valence-electron chi connectivity index (χ4n) is 2.32. The molecule has 25 heavy (non-hydrogen) atoms. The number of aromatic nitrogens is 3. The van der Waals surface area contributed by atoms with Gasteiger partial charge in [-0.3, -0.25) is 4.79 Å². The predicted octanol–water partition coefficient (Wildman–Crippen LogP) is 2.47. The lowest BCUT2D eigenvalue weighted by Crippen LogP contribution is -2.24. The van der Waals surface area contributed by atoms with Gasteiger partial charge in [-0.2, -0.15) is 0 Å². The minimum atomic E-state index is -0.176. The number of rotatable bonds is 5. The lowest BCUT2D eigenvalue weighted by Gasteiger charge is -2.16. The summed E-state index contributed by atoms with van der Waals surface area (Å²) in [5.41, 5.74) is 2.11. The van der Waals surface area contributed by atoms with Crippen molar-refractivity contribution in [2.24, 2.45) is 0 Å². The average Bonchev–Trinajstić information content (AvgIpc) is 3.10. The van der Waals surface area contributed by atoms with Crippen molar-refractivity contribution in [1.82, 2.24) is 20.3 Å². The molecule has 0 saturated heterocycles. The number of nitrogens with zero attached hydrogens (tertiary/aromatic N) is 5. The van der Waals surface area contributed by atoms with Gasteiger partial charge in [0.15, 0.2) is 17.3 Å². The van der Waals surface area contributed by atoms with Crippen LogP contribution in [0.2, 0.25) is 0 Å². The Morgan fingerprint density at radius 1 is 1.04 bits per heavy atom. The highest BCUT2D eigenvalue weighted by Gasteiger charge is 2.13. The van der Waals surface area contributed by atoms with Crippen molar-refractivity contribution in [2.45, 2.75) is 6.54 Å². The Morgan fingerprint density at radius 2 is 1.80 bits per heavy atom. The second kappa shape index (κ2) is 7.12. The third kappa shape index (κ3) is 3.82. The van der Waals surface area contributed by atoms with Gasteiger partial charge in [-0.1, -0.05) is 35.5 Å². The fourth-order valence-corrected chi connectivity index (χ4v) is 2.32. The number of anilines is 1. The lowest BCUT2D eigenvalue weighted by atomic mass is 10.1. The van der Waals surface area contributed by atoms with Gasteiger partial charge in [0.2, 0.25) is 0 Å². The van der Waals surface area contributed by atoms with Crippen LogP contribution in [-0.4, -0.2) is 47.3 Å². The number of amides is 1. The highest BCUT2D eigenvalue weighted by atomic mass is 16.5. The lowest BCUT2D eigenvalue weighted by molar-refractivity contribution is 0.0821. The molecule has 3 rings (SSSR count). The van der Waals surface area contributed by atoms with E-state index in [4.69, 9.17) is 4.52 Å². The number of benzene rings is 1. The van der Waals surface area contributed by atoms with Crippen molar-refractivity contribution < 1.29 is 9.32 Å². The Labute approximate surface area is 145 Å². The maximum Gasteiger partial charge on any atom is 0.273 e. The molecule has 3 aromatic rings. The summed E-state index contributed by atoms with van der Waals surface area (Å²) in [4.78, 5) is 15.2. The summed E-state index contributed by atoms with van der Waals surface area (Å²) >= 11 is 0. The van der Waals surface area contributed by atoms with Crippen LogP contribution in [-0.2, 0) is 6.54 Å².